The van der Waals surface area contributed by atoms with Crippen molar-refractivity contribution in [1.29, 1.82) is 0 Å². The van der Waals surface area contributed by atoms with E-state index in [4.69, 9.17) is 4.74 Å². The first-order valence-corrected chi connectivity index (χ1v) is 6.92. The Balaban J connectivity index is 2.01. The summed E-state index contributed by atoms with van der Waals surface area (Å²) >= 11 is 0. The molecule has 0 radical (unpaired) electrons. The summed E-state index contributed by atoms with van der Waals surface area (Å²) in [6.07, 6.45) is 4.19. The standard InChI is InChI=1S/C14H21N5O2/c1-4-13(19-7-5-6-15-19)14(20)18(2)9-11-8-12(10-21-3)17-16-11/h5-8,13H,4,9-10H2,1-3H3,(H,16,17)/t13-/m0/s1. The Hall–Kier alpha value is -2.15. The third-order valence-electron chi connectivity index (χ3n) is 3.28. The van der Waals surface area contributed by atoms with E-state index in [1.54, 1.807) is 29.9 Å². The second kappa shape index (κ2) is 7.03. The van der Waals surface area contributed by atoms with Gasteiger partial charge in [-0.2, -0.15) is 10.2 Å². The van der Waals surface area contributed by atoms with Crippen LogP contribution in [-0.4, -0.2) is 44.9 Å². The first-order chi connectivity index (χ1) is 10.2. The van der Waals surface area contributed by atoms with E-state index in [2.05, 4.69) is 15.3 Å². The predicted molar refractivity (Wildman–Crippen MR) is 77.3 cm³/mol. The predicted octanol–water partition coefficient (Wildman–Crippen LogP) is 1.36. The fourth-order valence-electron chi connectivity index (χ4n) is 2.24. The summed E-state index contributed by atoms with van der Waals surface area (Å²) in [6, 6.07) is 3.45. The highest BCUT2D eigenvalue weighted by atomic mass is 16.5. The highest BCUT2D eigenvalue weighted by Crippen LogP contribution is 2.14. The Labute approximate surface area is 123 Å². The number of methoxy groups -OCH3 is 1. The molecule has 0 saturated carbocycles. The molecule has 1 atom stereocenters. The van der Waals surface area contributed by atoms with Crippen molar-refractivity contribution in [1.82, 2.24) is 24.9 Å². The minimum absolute atomic E-state index is 0.0316. The van der Waals surface area contributed by atoms with Crippen molar-refractivity contribution in [3.05, 3.63) is 35.9 Å². The molecular weight excluding hydrogens is 270 g/mol. The average molecular weight is 291 g/mol. The summed E-state index contributed by atoms with van der Waals surface area (Å²) in [5.74, 6) is 0.0316. The van der Waals surface area contributed by atoms with Crippen LogP contribution in [0, 0.1) is 0 Å². The number of ether oxygens (including phenoxy) is 1. The highest BCUT2D eigenvalue weighted by Gasteiger charge is 2.22. The van der Waals surface area contributed by atoms with Gasteiger partial charge in [-0.05, 0) is 18.6 Å². The summed E-state index contributed by atoms with van der Waals surface area (Å²) in [6.45, 7) is 2.91. The van der Waals surface area contributed by atoms with Crippen LogP contribution < -0.4 is 0 Å². The Kier molecular flexibility index (Phi) is 5.10. The van der Waals surface area contributed by atoms with E-state index >= 15 is 0 Å². The van der Waals surface area contributed by atoms with E-state index in [1.807, 2.05) is 25.3 Å². The van der Waals surface area contributed by atoms with Crippen molar-refractivity contribution in [3.8, 4) is 0 Å². The molecule has 0 spiro atoms. The molecular formula is C14H21N5O2. The number of rotatable bonds is 7. The molecule has 0 saturated heterocycles. The number of carbonyl (C=O) groups excluding carboxylic acids is 1. The summed E-state index contributed by atoms with van der Waals surface area (Å²) < 4.78 is 6.72. The minimum atomic E-state index is -0.272. The number of carbonyl (C=O) groups is 1. The van der Waals surface area contributed by atoms with E-state index < -0.39 is 0 Å². The Morgan fingerprint density at radius 3 is 3.00 bits per heavy atom. The van der Waals surface area contributed by atoms with Gasteiger partial charge in [0.05, 0.1) is 24.5 Å². The van der Waals surface area contributed by atoms with Gasteiger partial charge in [0.15, 0.2) is 0 Å². The second-order valence-corrected chi connectivity index (χ2v) is 4.92. The van der Waals surface area contributed by atoms with Gasteiger partial charge in [0.25, 0.3) is 0 Å². The fourth-order valence-corrected chi connectivity index (χ4v) is 2.24. The third-order valence-corrected chi connectivity index (χ3v) is 3.28. The molecule has 2 aromatic heterocycles. The maximum atomic E-state index is 12.5. The van der Waals surface area contributed by atoms with E-state index in [1.165, 1.54) is 0 Å². The number of nitrogens with zero attached hydrogens (tertiary/aromatic N) is 4. The average Bonchev–Trinajstić information content (AvgIpc) is 3.12. The van der Waals surface area contributed by atoms with Gasteiger partial charge in [0.2, 0.25) is 5.91 Å². The van der Waals surface area contributed by atoms with Gasteiger partial charge >= 0.3 is 0 Å². The zero-order chi connectivity index (χ0) is 15.2. The summed E-state index contributed by atoms with van der Waals surface area (Å²) in [5, 5.41) is 11.2. The first-order valence-electron chi connectivity index (χ1n) is 6.92. The van der Waals surface area contributed by atoms with Crippen LogP contribution in [0.3, 0.4) is 0 Å². The Morgan fingerprint density at radius 1 is 1.57 bits per heavy atom. The maximum Gasteiger partial charge on any atom is 0.247 e. The van der Waals surface area contributed by atoms with Crippen LogP contribution in [-0.2, 0) is 22.7 Å². The van der Waals surface area contributed by atoms with Crippen molar-refractivity contribution in [2.45, 2.75) is 32.5 Å². The van der Waals surface area contributed by atoms with E-state index in [-0.39, 0.29) is 11.9 Å². The van der Waals surface area contributed by atoms with Crippen LogP contribution in [0.1, 0.15) is 30.8 Å². The number of H-pyrrole nitrogens is 1. The lowest BCUT2D eigenvalue weighted by molar-refractivity contribution is -0.134. The Morgan fingerprint density at radius 2 is 2.38 bits per heavy atom. The molecule has 114 valence electrons. The zero-order valence-corrected chi connectivity index (χ0v) is 12.6. The van der Waals surface area contributed by atoms with Gasteiger partial charge < -0.3 is 9.64 Å². The van der Waals surface area contributed by atoms with E-state index in [0.29, 0.717) is 19.6 Å². The molecule has 0 unspecified atom stereocenters. The summed E-state index contributed by atoms with van der Waals surface area (Å²) in [7, 11) is 3.41. The van der Waals surface area contributed by atoms with E-state index in [9.17, 15) is 4.79 Å². The van der Waals surface area contributed by atoms with Crippen LogP contribution >= 0.6 is 0 Å². The molecule has 2 aromatic rings. The third kappa shape index (κ3) is 3.69. The summed E-state index contributed by atoms with van der Waals surface area (Å²) in [4.78, 5) is 14.2. The minimum Gasteiger partial charge on any atom is -0.378 e. The monoisotopic (exact) mass is 291 g/mol. The first kappa shape index (κ1) is 15.2. The SMILES string of the molecule is CC[C@@H](C(=O)N(C)Cc1cc(COC)n[nH]1)n1cccn1. The topological polar surface area (TPSA) is 76.0 Å². The van der Waals surface area contributed by atoms with Crippen molar-refractivity contribution in [2.24, 2.45) is 0 Å². The number of nitrogens with one attached hydrogen (secondary N) is 1. The van der Waals surface area contributed by atoms with Crippen LogP contribution in [0.5, 0.6) is 0 Å². The molecule has 1 N–H and O–H groups in total. The molecule has 0 aliphatic heterocycles. The molecule has 0 aromatic carbocycles. The number of aromatic nitrogens is 4. The number of aromatic amines is 1. The number of hydrogen-bond donors (Lipinski definition) is 1. The van der Waals surface area contributed by atoms with Crippen molar-refractivity contribution < 1.29 is 9.53 Å². The summed E-state index contributed by atoms with van der Waals surface area (Å²) in [5.41, 5.74) is 1.71. The number of amides is 1. The quantitative estimate of drug-likeness (QED) is 0.835. The maximum absolute atomic E-state index is 12.5. The molecule has 0 fully saturated rings. The normalized spacial score (nSPS) is 12.3. The van der Waals surface area contributed by atoms with Crippen LogP contribution in [0.2, 0.25) is 0 Å². The lowest BCUT2D eigenvalue weighted by Gasteiger charge is -2.22. The zero-order valence-electron chi connectivity index (χ0n) is 12.6. The largest absolute Gasteiger partial charge is 0.378 e. The molecule has 7 nitrogen and oxygen atoms in total. The number of likely N-dealkylation sites (N-methyl/N-ethyl adjacent to an activating group) is 1. The Bertz CT molecular complexity index is 564. The van der Waals surface area contributed by atoms with Crippen LogP contribution in [0.25, 0.3) is 0 Å². The smallest absolute Gasteiger partial charge is 0.247 e. The molecule has 0 bridgehead atoms. The molecule has 2 rings (SSSR count). The van der Waals surface area contributed by atoms with Gasteiger partial charge in [-0.25, -0.2) is 0 Å². The molecule has 0 aliphatic rings. The molecule has 7 heteroatoms. The van der Waals surface area contributed by atoms with Crippen LogP contribution in [0.15, 0.2) is 24.5 Å². The highest BCUT2D eigenvalue weighted by molar-refractivity contribution is 5.80. The van der Waals surface area contributed by atoms with Gasteiger partial charge in [-0.1, -0.05) is 6.92 Å². The number of hydrogen-bond acceptors (Lipinski definition) is 4. The molecule has 1 amide bonds. The molecule has 0 aliphatic carbocycles. The van der Waals surface area contributed by atoms with Crippen LogP contribution in [0.4, 0.5) is 0 Å². The molecule has 21 heavy (non-hydrogen) atoms. The van der Waals surface area contributed by atoms with Crippen molar-refractivity contribution in [2.75, 3.05) is 14.2 Å². The van der Waals surface area contributed by atoms with Gasteiger partial charge in [-0.15, -0.1) is 0 Å². The van der Waals surface area contributed by atoms with Gasteiger partial charge in [-0.3, -0.25) is 14.6 Å². The van der Waals surface area contributed by atoms with Gasteiger partial charge in [0.1, 0.15) is 6.04 Å². The lowest BCUT2D eigenvalue weighted by Crippen LogP contribution is -2.34. The van der Waals surface area contributed by atoms with E-state index in [0.717, 1.165) is 11.4 Å². The van der Waals surface area contributed by atoms with Gasteiger partial charge in [0, 0.05) is 26.6 Å². The molecule has 2 heterocycles. The lowest BCUT2D eigenvalue weighted by atomic mass is 10.2. The fraction of sp³-hybridized carbons (Fsp3) is 0.500. The second-order valence-electron chi connectivity index (χ2n) is 4.92. The van der Waals surface area contributed by atoms with Crippen molar-refractivity contribution in [3.63, 3.8) is 0 Å². The van der Waals surface area contributed by atoms with Crippen molar-refractivity contribution >= 4 is 5.91 Å².